The molecule has 0 amide bonds. The van der Waals surface area contributed by atoms with Gasteiger partial charge in [-0.2, -0.15) is 0 Å². The minimum Gasteiger partial charge on any atom is -0.496 e. The van der Waals surface area contributed by atoms with E-state index in [1.54, 1.807) is 25.1 Å². The van der Waals surface area contributed by atoms with E-state index in [4.69, 9.17) is 4.74 Å². The van der Waals surface area contributed by atoms with Gasteiger partial charge in [0.25, 0.3) is 10.0 Å². The van der Waals surface area contributed by atoms with E-state index in [9.17, 15) is 17.2 Å². The van der Waals surface area contributed by atoms with Gasteiger partial charge in [-0.25, -0.2) is 27.2 Å². The lowest BCUT2D eigenvalue weighted by Gasteiger charge is -2.16. The van der Waals surface area contributed by atoms with Crippen LogP contribution in [0, 0.1) is 18.6 Å². The molecule has 2 aromatic heterocycles. The lowest BCUT2D eigenvalue weighted by molar-refractivity contribution is 0.416. The summed E-state index contributed by atoms with van der Waals surface area (Å²) in [5.41, 5.74) is 2.18. The maximum atomic E-state index is 14.5. The van der Waals surface area contributed by atoms with Crippen molar-refractivity contribution in [2.75, 3.05) is 11.8 Å². The van der Waals surface area contributed by atoms with Crippen molar-refractivity contribution in [3.05, 3.63) is 84.4 Å². The van der Waals surface area contributed by atoms with Gasteiger partial charge in [-0.05, 0) is 60.5 Å². The summed E-state index contributed by atoms with van der Waals surface area (Å²) < 4.78 is 67.0. The smallest absolute Gasteiger partial charge is 0.263 e. The molecular weight excluding hydrogens is 490 g/mol. The van der Waals surface area contributed by atoms with Gasteiger partial charge in [0.15, 0.2) is 5.82 Å². The van der Waals surface area contributed by atoms with Crippen LogP contribution in [0.1, 0.15) is 5.56 Å². The van der Waals surface area contributed by atoms with Crippen LogP contribution in [0.4, 0.5) is 14.6 Å². The van der Waals surface area contributed by atoms with Crippen molar-refractivity contribution < 1.29 is 26.5 Å². The number of nitrogens with zero attached hydrogens (tertiary/aromatic N) is 3. The van der Waals surface area contributed by atoms with Crippen molar-refractivity contribution in [2.45, 2.75) is 11.8 Å². The van der Waals surface area contributed by atoms with Crippen LogP contribution in [0.2, 0.25) is 0 Å². The lowest BCUT2D eigenvalue weighted by atomic mass is 9.94. The molecule has 11 heteroatoms. The highest BCUT2D eigenvalue weighted by Crippen LogP contribution is 2.39. The number of benzene rings is 3. The Morgan fingerprint density at radius 2 is 1.75 bits per heavy atom. The topological polar surface area (TPSA) is 107 Å². The maximum absolute atomic E-state index is 14.5. The third-order valence-corrected chi connectivity index (χ3v) is 6.98. The van der Waals surface area contributed by atoms with E-state index in [0.717, 1.165) is 0 Å². The van der Waals surface area contributed by atoms with E-state index in [-0.39, 0.29) is 16.3 Å². The number of methoxy groups -OCH3 is 1. The van der Waals surface area contributed by atoms with Gasteiger partial charge in [-0.15, -0.1) is 0 Å². The number of fused-ring (bicyclic) bond motifs is 1. The first-order valence-corrected chi connectivity index (χ1v) is 12.1. The monoisotopic (exact) mass is 508 g/mol. The van der Waals surface area contributed by atoms with Crippen molar-refractivity contribution >= 4 is 26.7 Å². The van der Waals surface area contributed by atoms with Crippen LogP contribution >= 0.6 is 0 Å². The van der Waals surface area contributed by atoms with Gasteiger partial charge in [-0.1, -0.05) is 11.2 Å². The molecule has 36 heavy (non-hydrogen) atoms. The molecule has 0 bridgehead atoms. The Hall–Kier alpha value is -4.38. The van der Waals surface area contributed by atoms with Crippen LogP contribution in [-0.2, 0) is 10.0 Å². The van der Waals surface area contributed by atoms with Gasteiger partial charge in [-0.3, -0.25) is 4.72 Å². The summed E-state index contributed by atoms with van der Waals surface area (Å²) in [6.07, 6.45) is 2.55. The molecule has 5 aromatic rings. The summed E-state index contributed by atoms with van der Waals surface area (Å²) in [5.74, 6) is -0.991. The normalized spacial score (nSPS) is 11.6. The van der Waals surface area contributed by atoms with Crippen LogP contribution in [0.3, 0.4) is 0 Å². The standard InChI is InChI=1S/C25H18F2N4O4S/c1-14-10-18(22(34-2)12-17(14)24-19(26)4-3-5-20(24)27)25-16-7-6-15(11-21(16)28-13-29-25)36(32,33)31-23-8-9-35-30-23/h3-13H,1-2H3,(H,30,31). The average Bonchev–Trinajstić information content (AvgIpc) is 3.36. The first kappa shape index (κ1) is 23.4. The molecule has 0 atom stereocenters. The molecule has 8 nitrogen and oxygen atoms in total. The van der Waals surface area contributed by atoms with Gasteiger partial charge >= 0.3 is 0 Å². The van der Waals surface area contributed by atoms with E-state index in [1.807, 2.05) is 0 Å². The molecule has 0 saturated carbocycles. The molecule has 0 aliphatic heterocycles. The van der Waals surface area contributed by atoms with Crippen molar-refractivity contribution in [3.63, 3.8) is 0 Å². The number of nitrogens with one attached hydrogen (secondary N) is 1. The first-order chi connectivity index (χ1) is 17.3. The number of ether oxygens (including phenoxy) is 1. The minimum atomic E-state index is -3.94. The predicted molar refractivity (Wildman–Crippen MR) is 129 cm³/mol. The second kappa shape index (κ2) is 9.00. The van der Waals surface area contributed by atoms with Crippen LogP contribution in [0.5, 0.6) is 5.75 Å². The number of rotatable bonds is 6. The van der Waals surface area contributed by atoms with Crippen LogP contribution in [0.15, 0.2) is 76.6 Å². The van der Waals surface area contributed by atoms with Crippen molar-refractivity contribution in [2.24, 2.45) is 0 Å². The zero-order valence-corrected chi connectivity index (χ0v) is 19.8. The molecular formula is C25H18F2N4O4S. The Labute approximate surface area is 204 Å². The van der Waals surface area contributed by atoms with Gasteiger partial charge < -0.3 is 9.26 Å². The highest BCUT2D eigenvalue weighted by atomic mass is 32.2. The van der Waals surface area contributed by atoms with E-state index in [1.165, 1.54) is 56.1 Å². The van der Waals surface area contributed by atoms with Crippen molar-refractivity contribution in [1.29, 1.82) is 0 Å². The first-order valence-electron chi connectivity index (χ1n) is 10.6. The summed E-state index contributed by atoms with van der Waals surface area (Å²) >= 11 is 0. The Kier molecular flexibility index (Phi) is 5.84. The van der Waals surface area contributed by atoms with Crippen LogP contribution in [0.25, 0.3) is 33.3 Å². The molecule has 182 valence electrons. The summed E-state index contributed by atoms with van der Waals surface area (Å²) in [6, 6.07) is 12.8. The largest absolute Gasteiger partial charge is 0.496 e. The lowest BCUT2D eigenvalue weighted by Crippen LogP contribution is -2.13. The molecule has 0 fully saturated rings. The summed E-state index contributed by atoms with van der Waals surface area (Å²) in [5, 5.41) is 4.11. The Morgan fingerprint density at radius 3 is 2.44 bits per heavy atom. The molecule has 0 radical (unpaired) electrons. The highest BCUT2D eigenvalue weighted by Gasteiger charge is 2.21. The van der Waals surface area contributed by atoms with Gasteiger partial charge in [0.2, 0.25) is 0 Å². The van der Waals surface area contributed by atoms with Crippen LogP contribution in [-0.4, -0.2) is 30.7 Å². The van der Waals surface area contributed by atoms with E-state index < -0.39 is 21.7 Å². The van der Waals surface area contributed by atoms with E-state index in [0.29, 0.717) is 39.0 Å². The molecule has 0 saturated heterocycles. The second-order valence-electron chi connectivity index (χ2n) is 7.86. The number of anilines is 1. The van der Waals surface area contributed by atoms with E-state index in [2.05, 4.69) is 24.4 Å². The number of hydrogen-bond acceptors (Lipinski definition) is 7. The Bertz CT molecular complexity index is 1690. The van der Waals surface area contributed by atoms with Crippen molar-refractivity contribution in [3.8, 4) is 28.1 Å². The molecule has 0 aliphatic carbocycles. The van der Waals surface area contributed by atoms with Gasteiger partial charge in [0, 0.05) is 17.0 Å². The second-order valence-corrected chi connectivity index (χ2v) is 9.54. The number of sulfonamides is 1. The van der Waals surface area contributed by atoms with E-state index >= 15 is 0 Å². The summed E-state index contributed by atoms with van der Waals surface area (Å²) in [4.78, 5) is 8.59. The molecule has 2 heterocycles. The maximum Gasteiger partial charge on any atom is 0.263 e. The van der Waals surface area contributed by atoms with Gasteiger partial charge in [0.1, 0.15) is 30.0 Å². The fourth-order valence-corrected chi connectivity index (χ4v) is 4.96. The number of aromatic nitrogens is 3. The quantitative estimate of drug-likeness (QED) is 0.330. The number of halogens is 2. The predicted octanol–water partition coefficient (Wildman–Crippen LogP) is 5.35. The third kappa shape index (κ3) is 4.13. The molecule has 3 aromatic carbocycles. The average molecular weight is 509 g/mol. The van der Waals surface area contributed by atoms with Gasteiger partial charge in [0.05, 0.1) is 28.8 Å². The van der Waals surface area contributed by atoms with Crippen LogP contribution < -0.4 is 9.46 Å². The number of aryl methyl sites for hydroxylation is 1. The molecule has 0 spiro atoms. The Balaban J connectivity index is 1.62. The summed E-state index contributed by atoms with van der Waals surface area (Å²) in [7, 11) is -2.50. The SMILES string of the molecule is COc1cc(-c2c(F)cccc2F)c(C)cc1-c1ncnc2cc(S(=O)(=O)Nc3ccon3)ccc12. The van der Waals surface area contributed by atoms with Crippen molar-refractivity contribution in [1.82, 2.24) is 15.1 Å². The molecule has 1 N–H and O–H groups in total. The highest BCUT2D eigenvalue weighted by molar-refractivity contribution is 7.92. The molecule has 0 unspecified atom stereocenters. The Morgan fingerprint density at radius 1 is 0.972 bits per heavy atom. The summed E-state index contributed by atoms with van der Waals surface area (Å²) in [6.45, 7) is 1.73. The third-order valence-electron chi connectivity index (χ3n) is 5.63. The zero-order valence-electron chi connectivity index (χ0n) is 19.0. The minimum absolute atomic E-state index is 0.0313. The molecule has 0 aliphatic rings. The fourth-order valence-electron chi connectivity index (χ4n) is 3.95. The fraction of sp³-hybridized carbons (Fsp3) is 0.0800. The number of hydrogen-bond donors (Lipinski definition) is 1. The zero-order chi connectivity index (χ0) is 25.4. The molecule has 5 rings (SSSR count).